The van der Waals surface area contributed by atoms with Crippen molar-refractivity contribution in [2.45, 2.75) is 30.6 Å². The molecule has 1 fully saturated rings. The van der Waals surface area contributed by atoms with Gasteiger partial charge in [0.1, 0.15) is 5.82 Å². The molecule has 5 heteroatoms. The number of hydrogen-bond acceptors (Lipinski definition) is 4. The van der Waals surface area contributed by atoms with E-state index in [9.17, 15) is 9.90 Å². The molecule has 4 nitrogen and oxygen atoms in total. The van der Waals surface area contributed by atoms with E-state index in [0.29, 0.717) is 28.1 Å². The Morgan fingerprint density at radius 1 is 1.38 bits per heavy atom. The Balaban J connectivity index is 1.91. The van der Waals surface area contributed by atoms with Gasteiger partial charge >= 0.3 is 5.97 Å². The maximum absolute atomic E-state index is 11.4. The van der Waals surface area contributed by atoms with Crippen LogP contribution in [0.15, 0.2) is 30.3 Å². The average molecular weight is 302 g/mol. The molecule has 0 aliphatic heterocycles. The number of fused-ring (bicyclic) bond motifs is 1. The molecule has 0 bridgehead atoms. The SMILES string of the molecule is CSC1CCC(Nc2cc(C(=O)O)c3ccccc3n2)C1. The molecule has 2 aromatic rings. The predicted molar refractivity (Wildman–Crippen MR) is 87.3 cm³/mol. The molecule has 1 heterocycles. The van der Waals surface area contributed by atoms with Crippen molar-refractivity contribution >= 4 is 34.5 Å². The van der Waals surface area contributed by atoms with Crippen LogP contribution in [0.4, 0.5) is 5.82 Å². The number of nitrogens with zero attached hydrogens (tertiary/aromatic N) is 1. The number of para-hydroxylation sites is 1. The molecule has 2 N–H and O–H groups in total. The van der Waals surface area contributed by atoms with Gasteiger partial charge in [0.2, 0.25) is 0 Å². The Bertz CT molecular complexity index is 674. The first kappa shape index (κ1) is 14.2. The fraction of sp³-hybridized carbons (Fsp3) is 0.375. The Hall–Kier alpha value is -1.75. The molecule has 3 rings (SSSR count). The Morgan fingerprint density at radius 3 is 2.90 bits per heavy atom. The summed E-state index contributed by atoms with van der Waals surface area (Å²) in [6.07, 6.45) is 5.57. The number of carboxylic acids is 1. The zero-order valence-electron chi connectivity index (χ0n) is 11.9. The molecule has 0 amide bonds. The van der Waals surface area contributed by atoms with E-state index < -0.39 is 5.97 Å². The van der Waals surface area contributed by atoms with Gasteiger partial charge in [-0.2, -0.15) is 11.8 Å². The Kier molecular flexibility index (Phi) is 4.01. The molecule has 0 saturated heterocycles. The summed E-state index contributed by atoms with van der Waals surface area (Å²) in [5.74, 6) is -0.247. The van der Waals surface area contributed by atoms with Crippen LogP contribution in [0.5, 0.6) is 0 Å². The monoisotopic (exact) mass is 302 g/mol. The Morgan fingerprint density at radius 2 is 2.19 bits per heavy atom. The lowest BCUT2D eigenvalue weighted by Crippen LogP contribution is -2.17. The lowest BCUT2D eigenvalue weighted by Gasteiger charge is -2.15. The van der Waals surface area contributed by atoms with Crippen LogP contribution in [-0.4, -0.2) is 33.6 Å². The fourth-order valence-corrected chi connectivity index (χ4v) is 3.72. The highest BCUT2D eigenvalue weighted by molar-refractivity contribution is 7.99. The lowest BCUT2D eigenvalue weighted by molar-refractivity contribution is 0.0699. The third kappa shape index (κ3) is 2.97. The normalized spacial score (nSPS) is 21.6. The summed E-state index contributed by atoms with van der Waals surface area (Å²) in [6.45, 7) is 0. The van der Waals surface area contributed by atoms with Gasteiger partial charge in [-0.3, -0.25) is 0 Å². The van der Waals surface area contributed by atoms with E-state index in [1.807, 2.05) is 30.0 Å². The number of aromatic carboxylic acids is 1. The van der Waals surface area contributed by atoms with Gasteiger partial charge in [-0.05, 0) is 37.7 Å². The van der Waals surface area contributed by atoms with E-state index in [-0.39, 0.29) is 0 Å². The summed E-state index contributed by atoms with van der Waals surface area (Å²) < 4.78 is 0. The summed E-state index contributed by atoms with van der Waals surface area (Å²) in [5.41, 5.74) is 1.03. The average Bonchev–Trinajstić information content (AvgIpc) is 2.94. The van der Waals surface area contributed by atoms with E-state index in [1.54, 1.807) is 12.1 Å². The van der Waals surface area contributed by atoms with E-state index >= 15 is 0 Å². The van der Waals surface area contributed by atoms with Gasteiger partial charge in [-0.25, -0.2) is 9.78 Å². The number of carboxylic acid groups (broad SMARTS) is 1. The van der Waals surface area contributed by atoms with Crippen molar-refractivity contribution < 1.29 is 9.90 Å². The maximum Gasteiger partial charge on any atom is 0.336 e. The van der Waals surface area contributed by atoms with Crippen molar-refractivity contribution in [3.05, 3.63) is 35.9 Å². The topological polar surface area (TPSA) is 62.2 Å². The predicted octanol–water partition coefficient (Wildman–Crippen LogP) is 3.63. The zero-order valence-corrected chi connectivity index (χ0v) is 12.7. The van der Waals surface area contributed by atoms with Crippen molar-refractivity contribution in [1.82, 2.24) is 4.98 Å². The molecule has 21 heavy (non-hydrogen) atoms. The van der Waals surface area contributed by atoms with Gasteiger partial charge in [-0.1, -0.05) is 18.2 Å². The molecule has 2 atom stereocenters. The van der Waals surface area contributed by atoms with Gasteiger partial charge in [-0.15, -0.1) is 0 Å². The smallest absolute Gasteiger partial charge is 0.336 e. The summed E-state index contributed by atoms with van der Waals surface area (Å²) in [6, 6.07) is 9.41. The number of aromatic nitrogens is 1. The minimum absolute atomic E-state index is 0.308. The Labute approximate surface area is 128 Å². The molecule has 1 aliphatic carbocycles. The highest BCUT2D eigenvalue weighted by Crippen LogP contribution is 2.30. The summed E-state index contributed by atoms with van der Waals surface area (Å²) in [7, 11) is 0. The molecule has 0 radical (unpaired) electrons. The third-order valence-corrected chi connectivity index (χ3v) is 5.11. The minimum Gasteiger partial charge on any atom is -0.478 e. The molecule has 0 spiro atoms. The maximum atomic E-state index is 11.4. The molecule has 1 aliphatic rings. The molecule has 1 aromatic heterocycles. The lowest BCUT2D eigenvalue weighted by atomic mass is 10.1. The summed E-state index contributed by atoms with van der Waals surface area (Å²) in [4.78, 5) is 16.0. The molecule has 1 aromatic carbocycles. The molecular weight excluding hydrogens is 284 g/mol. The second-order valence-electron chi connectivity index (χ2n) is 5.39. The van der Waals surface area contributed by atoms with E-state index in [0.717, 1.165) is 18.4 Å². The summed E-state index contributed by atoms with van der Waals surface area (Å²) >= 11 is 1.90. The number of rotatable bonds is 4. The van der Waals surface area contributed by atoms with Crippen LogP contribution in [-0.2, 0) is 0 Å². The van der Waals surface area contributed by atoms with Gasteiger partial charge in [0, 0.05) is 16.7 Å². The van der Waals surface area contributed by atoms with Crippen molar-refractivity contribution in [2.75, 3.05) is 11.6 Å². The standard InChI is InChI=1S/C16H18N2O2S/c1-21-11-7-6-10(8-11)17-15-9-13(16(19)20)12-4-2-3-5-14(12)18-15/h2-5,9-11H,6-8H2,1H3,(H,17,18)(H,19,20). The molecule has 2 unspecified atom stereocenters. The van der Waals surface area contributed by atoms with Crippen LogP contribution in [0, 0.1) is 0 Å². The second kappa shape index (κ2) is 5.93. The molecule has 110 valence electrons. The number of benzene rings is 1. The first-order valence-corrected chi connectivity index (χ1v) is 8.38. The van der Waals surface area contributed by atoms with Crippen LogP contribution in [0.25, 0.3) is 10.9 Å². The van der Waals surface area contributed by atoms with Crippen LogP contribution in [0.1, 0.15) is 29.6 Å². The number of hydrogen-bond donors (Lipinski definition) is 2. The third-order valence-electron chi connectivity index (χ3n) is 4.02. The largest absolute Gasteiger partial charge is 0.478 e. The fourth-order valence-electron chi connectivity index (χ4n) is 2.92. The van der Waals surface area contributed by atoms with Crippen molar-refractivity contribution in [3.8, 4) is 0 Å². The first-order chi connectivity index (χ1) is 10.2. The second-order valence-corrected chi connectivity index (χ2v) is 6.53. The molecule has 1 saturated carbocycles. The van der Waals surface area contributed by atoms with Crippen molar-refractivity contribution in [3.63, 3.8) is 0 Å². The van der Waals surface area contributed by atoms with Crippen LogP contribution in [0.2, 0.25) is 0 Å². The first-order valence-electron chi connectivity index (χ1n) is 7.10. The van der Waals surface area contributed by atoms with E-state index in [4.69, 9.17) is 0 Å². The quantitative estimate of drug-likeness (QED) is 0.903. The van der Waals surface area contributed by atoms with Gasteiger partial charge < -0.3 is 10.4 Å². The van der Waals surface area contributed by atoms with Crippen LogP contribution < -0.4 is 5.32 Å². The number of thioether (sulfide) groups is 1. The highest BCUT2D eigenvalue weighted by atomic mass is 32.2. The van der Waals surface area contributed by atoms with Crippen molar-refractivity contribution in [1.29, 1.82) is 0 Å². The molecular formula is C16H18N2O2S. The highest BCUT2D eigenvalue weighted by Gasteiger charge is 2.24. The van der Waals surface area contributed by atoms with Crippen LogP contribution in [0.3, 0.4) is 0 Å². The minimum atomic E-state index is -0.912. The number of nitrogens with one attached hydrogen (secondary N) is 1. The number of carbonyl (C=O) groups is 1. The van der Waals surface area contributed by atoms with Gasteiger partial charge in [0.05, 0.1) is 11.1 Å². The van der Waals surface area contributed by atoms with Crippen LogP contribution >= 0.6 is 11.8 Å². The number of pyridine rings is 1. The van der Waals surface area contributed by atoms with E-state index in [1.165, 1.54) is 6.42 Å². The van der Waals surface area contributed by atoms with Gasteiger partial charge in [0.25, 0.3) is 0 Å². The zero-order chi connectivity index (χ0) is 14.8. The van der Waals surface area contributed by atoms with E-state index in [2.05, 4.69) is 16.6 Å². The van der Waals surface area contributed by atoms with Gasteiger partial charge in [0.15, 0.2) is 0 Å². The van der Waals surface area contributed by atoms with Crippen molar-refractivity contribution in [2.24, 2.45) is 0 Å². The summed E-state index contributed by atoms with van der Waals surface area (Å²) in [5, 5.41) is 14.2. The number of anilines is 1.